The third-order valence-corrected chi connectivity index (χ3v) is 4.02. The van der Waals surface area contributed by atoms with E-state index < -0.39 is 0 Å². The summed E-state index contributed by atoms with van der Waals surface area (Å²) < 4.78 is 0. The van der Waals surface area contributed by atoms with Crippen molar-refractivity contribution in [2.75, 3.05) is 31.6 Å². The number of thioether (sulfide) groups is 1. The molecule has 1 saturated heterocycles. The lowest BCUT2D eigenvalue weighted by Gasteiger charge is -2.42. The molecule has 0 saturated carbocycles. The van der Waals surface area contributed by atoms with Crippen molar-refractivity contribution in [3.63, 3.8) is 0 Å². The number of nitrogens with zero attached hydrogens (tertiary/aromatic N) is 1. The fourth-order valence-electron chi connectivity index (χ4n) is 2.48. The first-order valence-electron chi connectivity index (χ1n) is 6.02. The molecular formula is C12H26N2S. The summed E-state index contributed by atoms with van der Waals surface area (Å²) in [4.78, 5) is 2.61. The largest absolute Gasteiger partial charge is 0.329 e. The van der Waals surface area contributed by atoms with Crippen molar-refractivity contribution in [3.05, 3.63) is 0 Å². The molecule has 0 aliphatic carbocycles. The molecule has 2 N–H and O–H groups in total. The molecule has 1 aliphatic rings. The minimum Gasteiger partial charge on any atom is -0.329 e. The minimum absolute atomic E-state index is 0.491. The highest BCUT2D eigenvalue weighted by molar-refractivity contribution is 7.98. The Bertz CT molecular complexity index is 182. The molecule has 1 rings (SSSR count). The van der Waals surface area contributed by atoms with Gasteiger partial charge in [0.1, 0.15) is 0 Å². The predicted molar refractivity (Wildman–Crippen MR) is 70.4 cm³/mol. The molecule has 0 bridgehead atoms. The molecule has 1 aliphatic heterocycles. The van der Waals surface area contributed by atoms with E-state index in [0.29, 0.717) is 11.5 Å². The van der Waals surface area contributed by atoms with Gasteiger partial charge >= 0.3 is 0 Å². The molecule has 0 amide bonds. The monoisotopic (exact) mass is 230 g/mol. The molecule has 15 heavy (non-hydrogen) atoms. The Kier molecular flexibility index (Phi) is 5.44. The van der Waals surface area contributed by atoms with Crippen molar-refractivity contribution in [2.24, 2.45) is 11.1 Å². The van der Waals surface area contributed by atoms with E-state index in [1.807, 2.05) is 11.8 Å². The van der Waals surface area contributed by atoms with Gasteiger partial charge in [-0.25, -0.2) is 0 Å². The quantitative estimate of drug-likeness (QED) is 0.785. The number of rotatable bonds is 5. The van der Waals surface area contributed by atoms with Crippen molar-refractivity contribution in [1.29, 1.82) is 0 Å². The first-order chi connectivity index (χ1) is 7.09. The first kappa shape index (κ1) is 13.3. The fraction of sp³-hybridized carbons (Fsp3) is 1.00. The van der Waals surface area contributed by atoms with Crippen LogP contribution in [0.1, 0.15) is 33.1 Å². The van der Waals surface area contributed by atoms with Crippen LogP contribution < -0.4 is 5.73 Å². The Morgan fingerprint density at radius 1 is 1.47 bits per heavy atom. The van der Waals surface area contributed by atoms with Crippen LogP contribution in [-0.2, 0) is 0 Å². The molecule has 0 aromatic heterocycles. The molecule has 2 nitrogen and oxygen atoms in total. The molecule has 1 unspecified atom stereocenters. The van der Waals surface area contributed by atoms with Gasteiger partial charge in [-0.3, -0.25) is 4.90 Å². The third-order valence-electron chi connectivity index (χ3n) is 3.37. The number of hydrogen-bond acceptors (Lipinski definition) is 3. The summed E-state index contributed by atoms with van der Waals surface area (Å²) in [5, 5.41) is 0. The summed E-state index contributed by atoms with van der Waals surface area (Å²) in [7, 11) is 0. The topological polar surface area (TPSA) is 29.3 Å². The van der Waals surface area contributed by atoms with E-state index in [4.69, 9.17) is 5.73 Å². The lowest BCUT2D eigenvalue weighted by atomic mass is 9.83. The highest BCUT2D eigenvalue weighted by atomic mass is 32.2. The summed E-state index contributed by atoms with van der Waals surface area (Å²) in [5.41, 5.74) is 6.37. The lowest BCUT2D eigenvalue weighted by molar-refractivity contribution is 0.0797. The van der Waals surface area contributed by atoms with E-state index in [9.17, 15) is 0 Å². The summed E-state index contributed by atoms with van der Waals surface area (Å²) >= 11 is 1.93. The maximum absolute atomic E-state index is 5.88. The van der Waals surface area contributed by atoms with Crippen LogP contribution in [0.15, 0.2) is 0 Å². The normalized spacial score (nSPS) is 24.0. The summed E-state index contributed by atoms with van der Waals surface area (Å²) in [6.07, 6.45) is 6.12. The third kappa shape index (κ3) is 4.33. The highest BCUT2D eigenvalue weighted by Gasteiger charge is 2.29. The molecule has 1 fully saturated rings. The van der Waals surface area contributed by atoms with Crippen LogP contribution >= 0.6 is 11.8 Å². The van der Waals surface area contributed by atoms with Gasteiger partial charge in [-0.2, -0.15) is 11.8 Å². The lowest BCUT2D eigenvalue weighted by Crippen LogP contribution is -2.48. The van der Waals surface area contributed by atoms with E-state index in [1.54, 1.807) is 0 Å². The maximum atomic E-state index is 5.88. The van der Waals surface area contributed by atoms with Gasteiger partial charge < -0.3 is 5.73 Å². The summed E-state index contributed by atoms with van der Waals surface area (Å²) in [6.45, 7) is 8.04. The molecule has 90 valence electrons. The van der Waals surface area contributed by atoms with Crippen LogP contribution in [0, 0.1) is 5.41 Å². The van der Waals surface area contributed by atoms with Crippen LogP contribution in [0.3, 0.4) is 0 Å². The van der Waals surface area contributed by atoms with Crippen LogP contribution in [0.5, 0.6) is 0 Å². The number of nitrogens with two attached hydrogens (primary N) is 1. The van der Waals surface area contributed by atoms with Crippen LogP contribution in [0.2, 0.25) is 0 Å². The van der Waals surface area contributed by atoms with Crippen LogP contribution in [-0.4, -0.2) is 42.6 Å². The molecule has 1 heterocycles. The highest BCUT2D eigenvalue weighted by Crippen LogP contribution is 2.29. The zero-order valence-corrected chi connectivity index (χ0v) is 11.3. The molecule has 1 atom stereocenters. The number of likely N-dealkylation sites (tertiary alicyclic amines) is 1. The van der Waals surface area contributed by atoms with Crippen molar-refractivity contribution >= 4 is 11.8 Å². The molecule has 0 radical (unpaired) electrons. The van der Waals surface area contributed by atoms with Crippen molar-refractivity contribution in [1.82, 2.24) is 4.90 Å². The van der Waals surface area contributed by atoms with E-state index >= 15 is 0 Å². The van der Waals surface area contributed by atoms with Crippen molar-refractivity contribution in [2.45, 2.75) is 39.2 Å². The van der Waals surface area contributed by atoms with Crippen molar-refractivity contribution in [3.8, 4) is 0 Å². The average Bonchev–Trinajstić information content (AvgIpc) is 2.17. The van der Waals surface area contributed by atoms with E-state index in [0.717, 1.165) is 6.54 Å². The van der Waals surface area contributed by atoms with Gasteiger partial charge in [-0.15, -0.1) is 0 Å². The molecule has 3 heteroatoms. The fourth-order valence-corrected chi connectivity index (χ4v) is 2.99. The van der Waals surface area contributed by atoms with Crippen LogP contribution in [0.25, 0.3) is 0 Å². The molecule has 0 spiro atoms. The van der Waals surface area contributed by atoms with Gasteiger partial charge in [0.05, 0.1) is 0 Å². The zero-order valence-electron chi connectivity index (χ0n) is 10.5. The minimum atomic E-state index is 0.491. The Balaban J connectivity index is 2.44. The van der Waals surface area contributed by atoms with Gasteiger partial charge in [0.15, 0.2) is 0 Å². The standard InChI is InChI=1S/C12H26N2S/c1-12(2)6-4-7-14(10-12)11(9-13)5-8-15-3/h11H,4-10,13H2,1-3H3. The second-order valence-corrected chi connectivity index (χ2v) is 6.39. The maximum Gasteiger partial charge on any atom is 0.0226 e. The Labute approximate surface area is 99.0 Å². The van der Waals surface area contributed by atoms with Gasteiger partial charge in [-0.1, -0.05) is 13.8 Å². The van der Waals surface area contributed by atoms with Gasteiger partial charge in [0.25, 0.3) is 0 Å². The van der Waals surface area contributed by atoms with Gasteiger partial charge in [-0.05, 0) is 43.2 Å². The zero-order chi connectivity index (χ0) is 11.3. The van der Waals surface area contributed by atoms with Gasteiger partial charge in [0, 0.05) is 19.1 Å². The predicted octanol–water partition coefficient (Wildman–Crippen LogP) is 2.19. The van der Waals surface area contributed by atoms with Crippen molar-refractivity contribution < 1.29 is 0 Å². The second kappa shape index (κ2) is 6.12. The number of hydrogen-bond donors (Lipinski definition) is 1. The Hall–Kier alpha value is 0.270. The Morgan fingerprint density at radius 2 is 2.20 bits per heavy atom. The van der Waals surface area contributed by atoms with E-state index in [2.05, 4.69) is 25.0 Å². The van der Waals surface area contributed by atoms with Gasteiger partial charge in [0.2, 0.25) is 0 Å². The SMILES string of the molecule is CSCCC(CN)N1CCCC(C)(C)C1. The Morgan fingerprint density at radius 3 is 2.73 bits per heavy atom. The summed E-state index contributed by atoms with van der Waals surface area (Å²) in [5.74, 6) is 1.23. The molecular weight excluding hydrogens is 204 g/mol. The first-order valence-corrected chi connectivity index (χ1v) is 7.41. The van der Waals surface area contributed by atoms with E-state index in [1.165, 1.54) is 38.1 Å². The second-order valence-electron chi connectivity index (χ2n) is 5.41. The summed E-state index contributed by atoms with van der Waals surface area (Å²) in [6, 6.07) is 0.608. The molecule has 0 aromatic carbocycles. The number of piperidine rings is 1. The average molecular weight is 230 g/mol. The van der Waals surface area contributed by atoms with E-state index in [-0.39, 0.29) is 0 Å². The smallest absolute Gasteiger partial charge is 0.0226 e. The van der Waals surface area contributed by atoms with Crippen LogP contribution in [0.4, 0.5) is 0 Å². The molecule has 0 aromatic rings.